The lowest BCUT2D eigenvalue weighted by atomic mass is 9.95. The molecule has 2 N–H and O–H groups in total. The van der Waals surface area contributed by atoms with Gasteiger partial charge < -0.3 is 15.0 Å². The molecule has 0 atom stereocenters. The quantitative estimate of drug-likeness (QED) is 0.277. The molecule has 5 aromatic rings. The third-order valence-corrected chi connectivity index (χ3v) is 8.36. The van der Waals surface area contributed by atoms with Crippen LogP contribution in [0.4, 0.5) is 14.6 Å². The van der Waals surface area contributed by atoms with Crippen molar-refractivity contribution >= 4 is 27.5 Å². The Morgan fingerprint density at radius 1 is 1.02 bits per heavy atom. The second-order valence-corrected chi connectivity index (χ2v) is 10.8. The number of nitrogens with one attached hydrogen (secondary N) is 2. The third-order valence-electron chi connectivity index (χ3n) is 8.36. The normalized spacial score (nSPS) is 16.3. The Labute approximate surface area is 234 Å². The van der Waals surface area contributed by atoms with Crippen molar-refractivity contribution in [2.45, 2.75) is 37.8 Å². The van der Waals surface area contributed by atoms with Crippen LogP contribution in [-0.2, 0) is 6.54 Å². The summed E-state index contributed by atoms with van der Waals surface area (Å²) < 4.78 is 37.4. The number of anilines is 1. The van der Waals surface area contributed by atoms with Gasteiger partial charge in [-0.3, -0.25) is 14.7 Å². The van der Waals surface area contributed by atoms with Crippen molar-refractivity contribution in [2.24, 2.45) is 0 Å². The number of benzene rings is 2. The van der Waals surface area contributed by atoms with E-state index in [4.69, 9.17) is 4.74 Å². The number of halogens is 2. The number of hydrogen-bond acceptors (Lipinski definition) is 7. The second-order valence-electron chi connectivity index (χ2n) is 10.8. The van der Waals surface area contributed by atoms with Crippen LogP contribution in [0.3, 0.4) is 0 Å². The lowest BCUT2D eigenvalue weighted by Gasteiger charge is -2.31. The predicted octanol–water partition coefficient (Wildman–Crippen LogP) is 5.43. The Balaban J connectivity index is 1.31. The standard InChI is InChI=1S/C31H28F2N6O2/c32-23-8-2-6-20-5-1-7-21(25(20)23)27-26(33)28-22(17-35-27)29(36-16-19-9-10-24(40)34-15-19)38-30(37-28)41-18-31-11-3-13-39(31)14-4-12-31/h1-2,5-10,15,17H,3-4,11-14,16,18H2,(H,34,40)(H,36,37,38). The van der Waals surface area contributed by atoms with Crippen molar-refractivity contribution in [3.63, 3.8) is 0 Å². The van der Waals surface area contributed by atoms with Gasteiger partial charge in [-0.25, -0.2) is 8.78 Å². The van der Waals surface area contributed by atoms with E-state index < -0.39 is 11.6 Å². The first-order valence-electron chi connectivity index (χ1n) is 13.8. The molecule has 2 saturated heterocycles. The lowest BCUT2D eigenvalue weighted by molar-refractivity contribution is 0.108. The highest BCUT2D eigenvalue weighted by molar-refractivity contribution is 5.99. The number of hydrogen-bond donors (Lipinski definition) is 2. The number of nitrogens with zero attached hydrogens (tertiary/aromatic N) is 4. The summed E-state index contributed by atoms with van der Waals surface area (Å²) >= 11 is 0. The van der Waals surface area contributed by atoms with Crippen molar-refractivity contribution in [2.75, 3.05) is 25.0 Å². The fourth-order valence-corrected chi connectivity index (χ4v) is 6.31. The smallest absolute Gasteiger partial charge is 0.319 e. The zero-order chi connectivity index (χ0) is 28.0. The number of aromatic nitrogens is 4. The maximum atomic E-state index is 16.3. The van der Waals surface area contributed by atoms with E-state index in [1.54, 1.807) is 42.6 Å². The fourth-order valence-electron chi connectivity index (χ4n) is 6.31. The molecule has 0 amide bonds. The Bertz CT molecular complexity index is 1810. The van der Waals surface area contributed by atoms with Crippen LogP contribution in [0.1, 0.15) is 31.2 Å². The van der Waals surface area contributed by atoms with Crippen LogP contribution < -0.4 is 15.6 Å². The van der Waals surface area contributed by atoms with Gasteiger partial charge in [-0.05, 0) is 55.8 Å². The molecule has 0 spiro atoms. The zero-order valence-corrected chi connectivity index (χ0v) is 22.3. The molecule has 0 unspecified atom stereocenters. The average Bonchev–Trinajstić information content (AvgIpc) is 3.57. The van der Waals surface area contributed by atoms with Gasteiger partial charge >= 0.3 is 6.01 Å². The number of fused-ring (bicyclic) bond motifs is 3. The van der Waals surface area contributed by atoms with Gasteiger partial charge in [-0.2, -0.15) is 9.97 Å². The van der Waals surface area contributed by atoms with Crippen molar-refractivity contribution in [1.82, 2.24) is 24.8 Å². The summed E-state index contributed by atoms with van der Waals surface area (Å²) in [6, 6.07) is 13.2. The van der Waals surface area contributed by atoms with Crippen LogP contribution in [0.2, 0.25) is 0 Å². The average molecular weight is 555 g/mol. The molecule has 3 aromatic heterocycles. The van der Waals surface area contributed by atoms with Crippen molar-refractivity contribution < 1.29 is 13.5 Å². The van der Waals surface area contributed by atoms with Gasteiger partial charge in [0.2, 0.25) is 5.56 Å². The Hall–Kier alpha value is -4.44. The van der Waals surface area contributed by atoms with E-state index in [-0.39, 0.29) is 28.3 Å². The van der Waals surface area contributed by atoms with Crippen LogP contribution in [0.25, 0.3) is 32.9 Å². The Morgan fingerprint density at radius 3 is 2.61 bits per heavy atom. The summed E-state index contributed by atoms with van der Waals surface area (Å²) in [6.07, 6.45) is 7.45. The van der Waals surface area contributed by atoms with E-state index in [1.165, 1.54) is 18.3 Å². The van der Waals surface area contributed by atoms with Gasteiger partial charge in [0.1, 0.15) is 29.5 Å². The summed E-state index contributed by atoms with van der Waals surface area (Å²) in [7, 11) is 0. The van der Waals surface area contributed by atoms with E-state index in [0.717, 1.165) is 44.3 Å². The molecule has 2 aliphatic rings. The van der Waals surface area contributed by atoms with Gasteiger partial charge in [0.15, 0.2) is 5.82 Å². The maximum Gasteiger partial charge on any atom is 0.319 e. The van der Waals surface area contributed by atoms with Gasteiger partial charge in [-0.1, -0.05) is 36.4 Å². The van der Waals surface area contributed by atoms with Crippen LogP contribution in [0.15, 0.2) is 65.7 Å². The number of H-pyrrole nitrogens is 1. The highest BCUT2D eigenvalue weighted by Crippen LogP contribution is 2.39. The van der Waals surface area contributed by atoms with E-state index >= 15 is 4.39 Å². The van der Waals surface area contributed by atoms with Crippen molar-refractivity contribution in [3.05, 3.63) is 88.5 Å². The van der Waals surface area contributed by atoms with E-state index in [2.05, 4.69) is 30.2 Å². The number of rotatable bonds is 7. The van der Waals surface area contributed by atoms with Gasteiger partial charge in [0.05, 0.1) is 10.9 Å². The first-order chi connectivity index (χ1) is 20.0. The minimum absolute atomic E-state index is 0.000731. The third kappa shape index (κ3) is 4.58. The molecule has 2 aromatic carbocycles. The molecular weight excluding hydrogens is 526 g/mol. The molecule has 0 bridgehead atoms. The first kappa shape index (κ1) is 25.5. The van der Waals surface area contributed by atoms with Crippen molar-refractivity contribution in [3.8, 4) is 17.3 Å². The fraction of sp³-hybridized carbons (Fsp3) is 0.290. The van der Waals surface area contributed by atoms with Gasteiger partial charge in [0, 0.05) is 36.0 Å². The summed E-state index contributed by atoms with van der Waals surface area (Å²) in [5, 5.41) is 4.54. The largest absolute Gasteiger partial charge is 0.461 e. The first-order valence-corrected chi connectivity index (χ1v) is 13.8. The minimum atomic E-state index is -0.681. The van der Waals surface area contributed by atoms with Crippen molar-refractivity contribution in [1.29, 1.82) is 0 Å². The van der Waals surface area contributed by atoms with Crippen LogP contribution in [-0.4, -0.2) is 50.1 Å². The van der Waals surface area contributed by atoms with Gasteiger partial charge in [-0.15, -0.1) is 0 Å². The monoisotopic (exact) mass is 554 g/mol. The van der Waals surface area contributed by atoms with E-state index in [9.17, 15) is 9.18 Å². The highest BCUT2D eigenvalue weighted by atomic mass is 19.1. The molecule has 10 heteroatoms. The lowest BCUT2D eigenvalue weighted by Crippen LogP contribution is -2.43. The molecule has 41 heavy (non-hydrogen) atoms. The maximum absolute atomic E-state index is 16.3. The SMILES string of the molecule is O=c1ccc(CNc2nc(OCC34CCCN3CCC4)nc3c(F)c(-c4cccc5cccc(F)c45)ncc23)c[nH]1. The molecule has 208 valence electrons. The Kier molecular flexibility index (Phi) is 6.34. The minimum Gasteiger partial charge on any atom is -0.461 e. The molecule has 8 nitrogen and oxygen atoms in total. The molecule has 0 radical (unpaired) electrons. The highest BCUT2D eigenvalue weighted by Gasteiger charge is 2.45. The van der Waals surface area contributed by atoms with Crippen LogP contribution >= 0.6 is 0 Å². The Morgan fingerprint density at radius 2 is 1.83 bits per heavy atom. The van der Waals surface area contributed by atoms with Crippen LogP contribution in [0, 0.1) is 11.6 Å². The zero-order valence-electron chi connectivity index (χ0n) is 22.3. The predicted molar refractivity (Wildman–Crippen MR) is 153 cm³/mol. The van der Waals surface area contributed by atoms with Crippen LogP contribution in [0.5, 0.6) is 6.01 Å². The number of ether oxygens (including phenoxy) is 1. The molecule has 0 aliphatic carbocycles. The molecular formula is C31H28F2N6O2. The van der Waals surface area contributed by atoms with E-state index in [1.807, 2.05) is 0 Å². The molecule has 0 saturated carbocycles. The molecule has 2 aliphatic heterocycles. The number of pyridine rings is 2. The summed E-state index contributed by atoms with van der Waals surface area (Å²) in [5.41, 5.74) is 0.944. The molecule has 7 rings (SSSR count). The molecule has 2 fully saturated rings. The summed E-state index contributed by atoms with van der Waals surface area (Å²) in [4.78, 5) is 30.1. The second kappa shape index (κ2) is 10.2. The van der Waals surface area contributed by atoms with E-state index in [0.29, 0.717) is 40.7 Å². The summed E-state index contributed by atoms with van der Waals surface area (Å²) in [5.74, 6) is -0.782. The van der Waals surface area contributed by atoms with Gasteiger partial charge in [0.25, 0.3) is 0 Å². The summed E-state index contributed by atoms with van der Waals surface area (Å²) in [6.45, 7) is 2.85. The number of aromatic amines is 1. The topological polar surface area (TPSA) is 96.0 Å². The molecule has 5 heterocycles.